The van der Waals surface area contributed by atoms with Gasteiger partial charge in [-0.3, -0.25) is 0 Å². The highest BCUT2D eigenvalue weighted by Crippen LogP contribution is 2.12. The molecule has 1 N–H and O–H groups in total. The molecule has 2 aromatic rings. The number of hydrogen-bond acceptors (Lipinski definition) is 2. The zero-order valence-corrected chi connectivity index (χ0v) is 14.1. The van der Waals surface area contributed by atoms with Gasteiger partial charge in [-0.2, -0.15) is 0 Å². The van der Waals surface area contributed by atoms with Gasteiger partial charge in [0, 0.05) is 25.2 Å². The number of urea groups is 1. The molecule has 23 heavy (non-hydrogen) atoms. The van der Waals surface area contributed by atoms with Gasteiger partial charge in [-0.25, -0.2) is 4.79 Å². The molecule has 0 aromatic heterocycles. The van der Waals surface area contributed by atoms with Crippen LogP contribution in [0.1, 0.15) is 11.1 Å². The van der Waals surface area contributed by atoms with Crippen LogP contribution in [0, 0.1) is 0 Å². The molecule has 5 heteroatoms. The molecule has 2 rings (SSSR count). The second-order valence-corrected chi connectivity index (χ2v) is 5.74. The van der Waals surface area contributed by atoms with Gasteiger partial charge in [-0.05, 0) is 41.8 Å². The number of carbonyl (C=O) groups is 1. The molecule has 0 atom stereocenters. The molecule has 0 heterocycles. The van der Waals surface area contributed by atoms with E-state index in [1.807, 2.05) is 48.5 Å². The highest BCUT2D eigenvalue weighted by Gasteiger charge is 2.08. The number of amides is 2. The molecule has 0 unspecified atom stereocenters. The van der Waals surface area contributed by atoms with Crippen molar-refractivity contribution in [1.29, 1.82) is 0 Å². The van der Waals surface area contributed by atoms with Crippen molar-refractivity contribution in [2.75, 3.05) is 20.7 Å². The lowest BCUT2D eigenvalue weighted by Crippen LogP contribution is -2.37. The first-order chi connectivity index (χ1) is 11.1. The lowest BCUT2D eigenvalue weighted by molar-refractivity contribution is 0.209. The third kappa shape index (κ3) is 5.49. The van der Waals surface area contributed by atoms with E-state index >= 15 is 0 Å². The summed E-state index contributed by atoms with van der Waals surface area (Å²) >= 11 is 5.93. The number of methoxy groups -OCH3 is 1. The number of rotatable bonds is 6. The van der Waals surface area contributed by atoms with Gasteiger partial charge in [0.1, 0.15) is 5.75 Å². The molecule has 0 fully saturated rings. The van der Waals surface area contributed by atoms with Crippen molar-refractivity contribution >= 4 is 17.6 Å². The number of nitrogens with one attached hydrogen (secondary N) is 1. The summed E-state index contributed by atoms with van der Waals surface area (Å²) in [6.07, 6.45) is 0.797. The molecule has 0 radical (unpaired) electrons. The quantitative estimate of drug-likeness (QED) is 0.875. The molecular formula is C18H21ClN2O2. The van der Waals surface area contributed by atoms with Crippen LogP contribution >= 0.6 is 11.6 Å². The standard InChI is InChI=1S/C18H21ClN2O2/c1-21(11-10-14-6-8-17(23-2)9-7-14)18(22)20-13-15-4-3-5-16(19)12-15/h3-9,12H,10-11,13H2,1-2H3,(H,20,22). The van der Waals surface area contributed by atoms with Crippen molar-refractivity contribution in [2.24, 2.45) is 0 Å². The maximum absolute atomic E-state index is 12.1. The Bertz CT molecular complexity index is 644. The van der Waals surface area contributed by atoms with Crippen LogP contribution in [0.4, 0.5) is 4.79 Å². The number of halogens is 1. The second kappa shape index (κ2) is 8.44. The summed E-state index contributed by atoms with van der Waals surface area (Å²) in [5, 5.41) is 3.56. The predicted octanol–water partition coefficient (Wildman–Crippen LogP) is 3.73. The van der Waals surface area contributed by atoms with Crippen LogP contribution in [0.3, 0.4) is 0 Å². The number of hydrogen-bond donors (Lipinski definition) is 1. The van der Waals surface area contributed by atoms with Crippen molar-refractivity contribution in [3.63, 3.8) is 0 Å². The van der Waals surface area contributed by atoms with Crippen molar-refractivity contribution in [3.05, 3.63) is 64.7 Å². The fourth-order valence-corrected chi connectivity index (χ4v) is 2.36. The minimum Gasteiger partial charge on any atom is -0.497 e. The predicted molar refractivity (Wildman–Crippen MR) is 93.0 cm³/mol. The highest BCUT2D eigenvalue weighted by atomic mass is 35.5. The summed E-state index contributed by atoms with van der Waals surface area (Å²) in [5.74, 6) is 0.835. The van der Waals surface area contributed by atoms with Gasteiger partial charge < -0.3 is 15.0 Å². The van der Waals surface area contributed by atoms with Crippen molar-refractivity contribution in [3.8, 4) is 5.75 Å². The highest BCUT2D eigenvalue weighted by molar-refractivity contribution is 6.30. The third-order valence-electron chi connectivity index (χ3n) is 3.57. The van der Waals surface area contributed by atoms with Gasteiger partial charge >= 0.3 is 6.03 Å². The van der Waals surface area contributed by atoms with Crippen LogP contribution in [0.15, 0.2) is 48.5 Å². The lowest BCUT2D eigenvalue weighted by Gasteiger charge is -2.18. The SMILES string of the molecule is COc1ccc(CCN(C)C(=O)NCc2cccc(Cl)c2)cc1. The maximum atomic E-state index is 12.1. The molecule has 0 aliphatic carbocycles. The zero-order chi connectivity index (χ0) is 16.7. The lowest BCUT2D eigenvalue weighted by atomic mass is 10.1. The smallest absolute Gasteiger partial charge is 0.317 e. The zero-order valence-electron chi connectivity index (χ0n) is 13.4. The Morgan fingerprint density at radius 2 is 1.91 bits per heavy atom. The first kappa shape index (κ1) is 17.2. The van der Waals surface area contributed by atoms with Gasteiger partial charge in [0.2, 0.25) is 0 Å². The summed E-state index contributed by atoms with van der Waals surface area (Å²) in [4.78, 5) is 13.8. The van der Waals surface area contributed by atoms with E-state index < -0.39 is 0 Å². The van der Waals surface area contributed by atoms with Crippen molar-refractivity contribution in [2.45, 2.75) is 13.0 Å². The average Bonchev–Trinajstić information content (AvgIpc) is 2.58. The van der Waals surface area contributed by atoms with Crippen LogP contribution in [-0.4, -0.2) is 31.6 Å². The fourth-order valence-electron chi connectivity index (χ4n) is 2.15. The van der Waals surface area contributed by atoms with E-state index in [0.717, 1.165) is 17.7 Å². The Balaban J connectivity index is 1.78. The minimum absolute atomic E-state index is 0.0986. The third-order valence-corrected chi connectivity index (χ3v) is 3.81. The first-order valence-corrected chi connectivity index (χ1v) is 7.82. The Morgan fingerprint density at radius 1 is 1.17 bits per heavy atom. The first-order valence-electron chi connectivity index (χ1n) is 7.45. The Hall–Kier alpha value is -2.20. The number of nitrogens with zero attached hydrogens (tertiary/aromatic N) is 1. The largest absolute Gasteiger partial charge is 0.497 e. The molecule has 0 saturated heterocycles. The summed E-state index contributed by atoms with van der Waals surface area (Å²) in [7, 11) is 3.43. The normalized spacial score (nSPS) is 10.2. The van der Waals surface area contributed by atoms with Gasteiger partial charge in [0.15, 0.2) is 0 Å². The number of likely N-dealkylation sites (N-methyl/N-ethyl adjacent to an activating group) is 1. The van der Waals surface area contributed by atoms with Crippen LogP contribution in [-0.2, 0) is 13.0 Å². The Morgan fingerprint density at radius 3 is 2.57 bits per heavy atom. The fraction of sp³-hybridized carbons (Fsp3) is 0.278. The van der Waals surface area contributed by atoms with E-state index in [4.69, 9.17) is 16.3 Å². The van der Waals surface area contributed by atoms with Gasteiger partial charge in [-0.15, -0.1) is 0 Å². The average molecular weight is 333 g/mol. The topological polar surface area (TPSA) is 41.6 Å². The molecule has 0 spiro atoms. The van der Waals surface area contributed by atoms with E-state index in [1.54, 1.807) is 19.1 Å². The van der Waals surface area contributed by atoms with Gasteiger partial charge in [0.05, 0.1) is 7.11 Å². The summed E-state index contributed by atoms with van der Waals surface area (Å²) in [5.41, 5.74) is 2.15. The van der Waals surface area contributed by atoms with E-state index in [9.17, 15) is 4.79 Å². The van der Waals surface area contributed by atoms with E-state index in [1.165, 1.54) is 5.56 Å². The van der Waals surface area contributed by atoms with Gasteiger partial charge in [-0.1, -0.05) is 35.9 Å². The second-order valence-electron chi connectivity index (χ2n) is 5.31. The molecule has 2 amide bonds. The van der Waals surface area contributed by atoms with Crippen LogP contribution in [0.5, 0.6) is 5.75 Å². The molecular weight excluding hydrogens is 312 g/mol. The molecule has 2 aromatic carbocycles. The molecule has 0 aliphatic heterocycles. The molecule has 0 bridgehead atoms. The minimum atomic E-state index is -0.0986. The maximum Gasteiger partial charge on any atom is 0.317 e. The molecule has 4 nitrogen and oxygen atoms in total. The Labute approximate surface area is 142 Å². The molecule has 0 saturated carbocycles. The summed E-state index contributed by atoms with van der Waals surface area (Å²) in [6, 6.07) is 15.2. The summed E-state index contributed by atoms with van der Waals surface area (Å²) in [6.45, 7) is 1.11. The van der Waals surface area contributed by atoms with Gasteiger partial charge in [0.25, 0.3) is 0 Å². The van der Waals surface area contributed by atoms with Crippen LogP contribution in [0.25, 0.3) is 0 Å². The molecule has 122 valence electrons. The van der Waals surface area contributed by atoms with E-state index in [0.29, 0.717) is 18.1 Å². The van der Waals surface area contributed by atoms with Crippen LogP contribution < -0.4 is 10.1 Å². The number of benzene rings is 2. The van der Waals surface area contributed by atoms with E-state index in [2.05, 4.69) is 5.32 Å². The monoisotopic (exact) mass is 332 g/mol. The number of ether oxygens (including phenoxy) is 1. The molecule has 0 aliphatic rings. The van der Waals surface area contributed by atoms with Crippen molar-refractivity contribution in [1.82, 2.24) is 10.2 Å². The summed E-state index contributed by atoms with van der Waals surface area (Å²) < 4.78 is 5.13. The van der Waals surface area contributed by atoms with E-state index in [-0.39, 0.29) is 6.03 Å². The number of carbonyl (C=O) groups excluding carboxylic acids is 1. The van der Waals surface area contributed by atoms with Crippen molar-refractivity contribution < 1.29 is 9.53 Å². The Kier molecular flexibility index (Phi) is 6.29. The van der Waals surface area contributed by atoms with Crippen LogP contribution in [0.2, 0.25) is 5.02 Å².